The van der Waals surface area contributed by atoms with E-state index in [9.17, 15) is 4.79 Å². The monoisotopic (exact) mass is 263 g/mol. The number of nitrogens with zero attached hydrogens (tertiary/aromatic N) is 2. The number of hydrogen-bond donors (Lipinski definition) is 1. The summed E-state index contributed by atoms with van der Waals surface area (Å²) < 4.78 is 0. The van der Waals surface area contributed by atoms with Gasteiger partial charge in [-0.3, -0.25) is 4.79 Å². The van der Waals surface area contributed by atoms with Crippen LogP contribution in [0.15, 0.2) is 41.5 Å². The molecule has 1 heterocycles. The number of likely N-dealkylation sites (N-methyl/N-ethyl adjacent to an activating group) is 1. The van der Waals surface area contributed by atoms with E-state index in [-0.39, 0.29) is 10.6 Å². The molecule has 2 rings (SSSR count). The van der Waals surface area contributed by atoms with Gasteiger partial charge in [0.1, 0.15) is 5.02 Å². The molecule has 0 unspecified atom stereocenters. The smallest absolute Gasteiger partial charge is 0.271 e. The van der Waals surface area contributed by atoms with Crippen LogP contribution in [-0.4, -0.2) is 23.6 Å². The summed E-state index contributed by atoms with van der Waals surface area (Å²) in [5.74, 6) is 0.511. The Labute approximate surface area is 110 Å². The Morgan fingerprint density at radius 2 is 2.06 bits per heavy atom. The Balaban J connectivity index is 2.06. The average Bonchev–Trinajstić information content (AvgIpc) is 2.40. The van der Waals surface area contributed by atoms with Gasteiger partial charge in [0.25, 0.3) is 5.56 Å². The lowest BCUT2D eigenvalue weighted by Gasteiger charge is -2.18. The lowest BCUT2D eigenvalue weighted by atomic mass is 10.1. The molecular weight excluding hydrogens is 250 g/mol. The Kier molecular flexibility index (Phi) is 3.99. The summed E-state index contributed by atoms with van der Waals surface area (Å²) in [6.45, 7) is 0.750. The fourth-order valence-corrected chi connectivity index (χ4v) is 1.93. The summed E-state index contributed by atoms with van der Waals surface area (Å²) in [6, 6.07) is 10.1. The number of halogens is 1. The quantitative estimate of drug-likeness (QED) is 0.919. The van der Waals surface area contributed by atoms with E-state index in [2.05, 4.69) is 22.1 Å². The summed E-state index contributed by atoms with van der Waals surface area (Å²) in [5, 5.41) is 0.132. The van der Waals surface area contributed by atoms with Gasteiger partial charge in [0.05, 0.1) is 6.33 Å². The van der Waals surface area contributed by atoms with Gasteiger partial charge < -0.3 is 9.88 Å². The molecule has 0 saturated heterocycles. The molecule has 94 valence electrons. The van der Waals surface area contributed by atoms with Crippen LogP contribution in [0, 0.1) is 0 Å². The third-order valence-electron chi connectivity index (χ3n) is 2.72. The van der Waals surface area contributed by atoms with Gasteiger partial charge in [-0.1, -0.05) is 41.9 Å². The van der Waals surface area contributed by atoms with E-state index in [1.807, 2.05) is 30.1 Å². The molecule has 5 heteroatoms. The van der Waals surface area contributed by atoms with Crippen molar-refractivity contribution in [3.63, 3.8) is 0 Å². The molecule has 0 atom stereocenters. The SMILES string of the molecule is CN(CCc1ccccc1)c1nc[nH]c(=O)c1Cl. The summed E-state index contributed by atoms with van der Waals surface area (Å²) in [5.41, 5.74) is 0.929. The number of H-pyrrole nitrogens is 1. The first-order valence-corrected chi connectivity index (χ1v) is 6.04. The minimum Gasteiger partial charge on any atom is -0.358 e. The van der Waals surface area contributed by atoms with Crippen molar-refractivity contribution >= 4 is 17.4 Å². The summed E-state index contributed by atoms with van der Waals surface area (Å²) in [6.07, 6.45) is 2.24. The first kappa shape index (κ1) is 12.6. The maximum atomic E-state index is 11.4. The number of nitrogens with one attached hydrogen (secondary N) is 1. The first-order valence-electron chi connectivity index (χ1n) is 5.66. The van der Waals surface area contributed by atoms with Gasteiger partial charge in [-0.25, -0.2) is 4.98 Å². The fourth-order valence-electron chi connectivity index (χ4n) is 1.69. The maximum absolute atomic E-state index is 11.4. The highest BCUT2D eigenvalue weighted by Gasteiger charge is 2.10. The van der Waals surface area contributed by atoms with Crippen molar-refractivity contribution in [3.05, 3.63) is 57.6 Å². The van der Waals surface area contributed by atoms with E-state index in [1.54, 1.807) is 0 Å². The van der Waals surface area contributed by atoms with E-state index < -0.39 is 0 Å². The molecule has 18 heavy (non-hydrogen) atoms. The van der Waals surface area contributed by atoms with Crippen molar-refractivity contribution in [1.29, 1.82) is 0 Å². The van der Waals surface area contributed by atoms with Crippen LogP contribution in [0.5, 0.6) is 0 Å². The number of benzene rings is 1. The van der Waals surface area contributed by atoms with Crippen molar-refractivity contribution in [2.75, 3.05) is 18.5 Å². The molecule has 0 fully saturated rings. The minimum atomic E-state index is -0.312. The maximum Gasteiger partial charge on any atom is 0.271 e. The van der Waals surface area contributed by atoms with Crippen LogP contribution in [0.4, 0.5) is 5.82 Å². The molecule has 1 N–H and O–H groups in total. The van der Waals surface area contributed by atoms with Gasteiger partial charge in [-0.05, 0) is 12.0 Å². The van der Waals surface area contributed by atoms with E-state index >= 15 is 0 Å². The van der Waals surface area contributed by atoms with Gasteiger partial charge >= 0.3 is 0 Å². The Bertz CT molecular complexity index is 568. The van der Waals surface area contributed by atoms with Crippen LogP contribution in [0.25, 0.3) is 0 Å². The second-order valence-corrected chi connectivity index (χ2v) is 4.40. The standard InChI is InChI=1S/C13H14ClN3O/c1-17(8-7-10-5-3-2-4-6-10)12-11(14)13(18)16-9-15-12/h2-6,9H,7-8H2,1H3,(H,15,16,18). The average molecular weight is 264 g/mol. The van der Waals surface area contributed by atoms with Crippen molar-refractivity contribution in [2.45, 2.75) is 6.42 Å². The normalized spacial score (nSPS) is 10.3. The predicted molar refractivity (Wildman–Crippen MR) is 73.3 cm³/mol. The lowest BCUT2D eigenvalue weighted by Crippen LogP contribution is -2.24. The highest BCUT2D eigenvalue weighted by atomic mass is 35.5. The topological polar surface area (TPSA) is 49.0 Å². The van der Waals surface area contributed by atoms with Crippen molar-refractivity contribution in [2.24, 2.45) is 0 Å². The molecule has 0 radical (unpaired) electrons. The van der Waals surface area contributed by atoms with Crippen molar-refractivity contribution < 1.29 is 0 Å². The van der Waals surface area contributed by atoms with Gasteiger partial charge in [-0.15, -0.1) is 0 Å². The summed E-state index contributed by atoms with van der Waals surface area (Å²) in [7, 11) is 1.87. The molecule has 0 spiro atoms. The number of anilines is 1. The van der Waals surface area contributed by atoms with E-state index in [1.165, 1.54) is 11.9 Å². The van der Waals surface area contributed by atoms with Gasteiger partial charge in [-0.2, -0.15) is 0 Å². The molecule has 0 aliphatic heterocycles. The number of aromatic nitrogens is 2. The van der Waals surface area contributed by atoms with Crippen LogP contribution < -0.4 is 10.5 Å². The second-order valence-electron chi connectivity index (χ2n) is 4.03. The van der Waals surface area contributed by atoms with Crippen LogP contribution >= 0.6 is 11.6 Å². The van der Waals surface area contributed by atoms with Gasteiger partial charge in [0, 0.05) is 13.6 Å². The molecule has 0 amide bonds. The van der Waals surface area contributed by atoms with E-state index in [0.717, 1.165) is 13.0 Å². The predicted octanol–water partition coefficient (Wildman–Crippen LogP) is 2.10. The Morgan fingerprint density at radius 3 is 2.78 bits per heavy atom. The highest BCUT2D eigenvalue weighted by molar-refractivity contribution is 6.32. The lowest BCUT2D eigenvalue weighted by molar-refractivity contribution is 0.853. The first-order chi connectivity index (χ1) is 8.68. The van der Waals surface area contributed by atoms with Crippen LogP contribution in [0.3, 0.4) is 0 Å². The minimum absolute atomic E-state index is 0.132. The Morgan fingerprint density at radius 1 is 1.33 bits per heavy atom. The molecule has 1 aromatic heterocycles. The van der Waals surface area contributed by atoms with E-state index in [0.29, 0.717) is 5.82 Å². The third kappa shape index (κ3) is 2.90. The zero-order valence-electron chi connectivity index (χ0n) is 10.1. The van der Waals surface area contributed by atoms with Crippen LogP contribution in [-0.2, 0) is 6.42 Å². The molecule has 0 saturated carbocycles. The summed E-state index contributed by atoms with van der Waals surface area (Å²) in [4.78, 5) is 19.8. The van der Waals surface area contributed by atoms with E-state index in [4.69, 9.17) is 11.6 Å². The Hall–Kier alpha value is -1.81. The zero-order chi connectivity index (χ0) is 13.0. The van der Waals surface area contributed by atoms with Gasteiger partial charge in [0.15, 0.2) is 5.82 Å². The zero-order valence-corrected chi connectivity index (χ0v) is 10.8. The third-order valence-corrected chi connectivity index (χ3v) is 3.06. The molecule has 2 aromatic rings. The van der Waals surface area contributed by atoms with Gasteiger partial charge in [0.2, 0.25) is 0 Å². The highest BCUT2D eigenvalue weighted by Crippen LogP contribution is 2.16. The molecule has 0 aliphatic carbocycles. The molecule has 4 nitrogen and oxygen atoms in total. The fraction of sp³-hybridized carbons (Fsp3) is 0.231. The number of aromatic amines is 1. The molecule has 0 bridgehead atoms. The van der Waals surface area contributed by atoms with Crippen LogP contribution in [0.2, 0.25) is 5.02 Å². The number of rotatable bonds is 4. The molecule has 1 aromatic carbocycles. The largest absolute Gasteiger partial charge is 0.358 e. The summed E-state index contributed by atoms with van der Waals surface area (Å²) >= 11 is 5.92. The molecular formula is C13H14ClN3O. The second kappa shape index (κ2) is 5.69. The van der Waals surface area contributed by atoms with Crippen molar-refractivity contribution in [3.8, 4) is 0 Å². The van der Waals surface area contributed by atoms with Crippen LogP contribution in [0.1, 0.15) is 5.56 Å². The number of hydrogen-bond acceptors (Lipinski definition) is 3. The molecule has 0 aliphatic rings. The van der Waals surface area contributed by atoms with Crippen molar-refractivity contribution in [1.82, 2.24) is 9.97 Å².